The van der Waals surface area contributed by atoms with Gasteiger partial charge < -0.3 is 5.32 Å². The highest BCUT2D eigenvalue weighted by atomic mass is 15.1. The van der Waals surface area contributed by atoms with Crippen LogP contribution in [0.1, 0.15) is 13.8 Å². The summed E-state index contributed by atoms with van der Waals surface area (Å²) in [5.41, 5.74) is 2.40. The summed E-state index contributed by atoms with van der Waals surface area (Å²) in [4.78, 5) is 4.42. The topological polar surface area (TPSA) is 24.4 Å². The largest absolute Gasteiger partial charge is 0.369 e. The van der Waals surface area contributed by atoms with E-state index < -0.39 is 0 Å². The molecule has 0 fully saturated rings. The minimum Gasteiger partial charge on any atom is -0.369 e. The van der Waals surface area contributed by atoms with Crippen LogP contribution in [0.25, 0.3) is 0 Å². The lowest BCUT2D eigenvalue weighted by atomic mass is 10.1. The zero-order valence-electron chi connectivity index (χ0n) is 9.20. The van der Waals surface area contributed by atoms with E-state index in [4.69, 9.17) is 0 Å². The van der Waals surface area contributed by atoms with Gasteiger partial charge in [0.05, 0.1) is 0 Å². The molecule has 1 aliphatic carbocycles. The molecule has 2 nitrogen and oxygen atoms in total. The van der Waals surface area contributed by atoms with Crippen LogP contribution in [0.5, 0.6) is 0 Å². The van der Waals surface area contributed by atoms with Crippen molar-refractivity contribution in [1.82, 2.24) is 5.32 Å². The van der Waals surface area contributed by atoms with Crippen molar-refractivity contribution in [3.8, 4) is 0 Å². The van der Waals surface area contributed by atoms with Gasteiger partial charge in [0.15, 0.2) is 0 Å². The van der Waals surface area contributed by atoms with E-state index in [9.17, 15) is 0 Å². The first-order valence-corrected chi connectivity index (χ1v) is 5.31. The Kier molecular flexibility index (Phi) is 2.86. The first-order chi connectivity index (χ1) is 7.25. The lowest BCUT2D eigenvalue weighted by Crippen LogP contribution is -2.26. The molecule has 0 spiro atoms. The summed E-state index contributed by atoms with van der Waals surface area (Å²) in [5.74, 6) is 1.50. The molecular weight excluding hydrogens is 184 g/mol. The van der Waals surface area contributed by atoms with E-state index in [0.29, 0.717) is 5.92 Å². The second kappa shape index (κ2) is 4.30. The van der Waals surface area contributed by atoms with Gasteiger partial charge in [-0.05, 0) is 6.92 Å². The van der Waals surface area contributed by atoms with E-state index >= 15 is 0 Å². The summed E-state index contributed by atoms with van der Waals surface area (Å²) in [7, 11) is 0. The molecule has 0 aromatic carbocycles. The lowest BCUT2D eigenvalue weighted by Gasteiger charge is -2.16. The van der Waals surface area contributed by atoms with E-state index in [1.165, 1.54) is 5.57 Å². The Hall–Kier alpha value is -1.57. The standard InChI is InChI=1S/C13H16N2/c1-10-4-3-5-12(7-6-10)13-14-8-11(2)9-15-13/h3-8,11,15H,9H2,1-2H3/b13-12+. The van der Waals surface area contributed by atoms with Crippen molar-refractivity contribution in [2.45, 2.75) is 13.8 Å². The molecule has 1 unspecified atom stereocenters. The quantitative estimate of drug-likeness (QED) is 0.638. The van der Waals surface area contributed by atoms with E-state index in [1.807, 2.05) is 6.21 Å². The molecule has 2 aliphatic rings. The number of nitrogens with zero attached hydrogens (tertiary/aromatic N) is 1. The van der Waals surface area contributed by atoms with Crippen LogP contribution >= 0.6 is 0 Å². The van der Waals surface area contributed by atoms with Gasteiger partial charge >= 0.3 is 0 Å². The number of aliphatic imine (C=N–C) groups is 1. The molecule has 0 radical (unpaired) electrons. The smallest absolute Gasteiger partial charge is 0.132 e. The zero-order chi connectivity index (χ0) is 10.7. The van der Waals surface area contributed by atoms with Crippen molar-refractivity contribution in [3.05, 3.63) is 47.3 Å². The molecule has 0 aromatic heterocycles. The van der Waals surface area contributed by atoms with Gasteiger partial charge in [-0.2, -0.15) is 0 Å². The molecule has 1 heterocycles. The predicted octanol–water partition coefficient (Wildman–Crippen LogP) is 2.58. The van der Waals surface area contributed by atoms with Gasteiger partial charge in [0.1, 0.15) is 5.82 Å². The Morgan fingerprint density at radius 3 is 2.93 bits per heavy atom. The molecule has 0 bridgehead atoms. The fourth-order valence-corrected chi connectivity index (χ4v) is 1.53. The monoisotopic (exact) mass is 200 g/mol. The van der Waals surface area contributed by atoms with Crippen molar-refractivity contribution in [1.29, 1.82) is 0 Å². The van der Waals surface area contributed by atoms with Crippen LogP contribution in [0.4, 0.5) is 0 Å². The minimum absolute atomic E-state index is 0.521. The van der Waals surface area contributed by atoms with Crippen LogP contribution in [-0.4, -0.2) is 12.8 Å². The predicted molar refractivity (Wildman–Crippen MR) is 64.7 cm³/mol. The summed E-state index contributed by atoms with van der Waals surface area (Å²) < 4.78 is 0. The summed E-state index contributed by atoms with van der Waals surface area (Å²) in [6.07, 6.45) is 12.5. The number of nitrogens with one attached hydrogen (secondary N) is 1. The third kappa shape index (κ3) is 2.46. The molecule has 2 heteroatoms. The highest BCUT2D eigenvalue weighted by Gasteiger charge is 2.08. The second-order valence-electron chi connectivity index (χ2n) is 4.04. The third-order valence-corrected chi connectivity index (χ3v) is 2.48. The number of hydrogen-bond donors (Lipinski definition) is 1. The first-order valence-electron chi connectivity index (χ1n) is 5.31. The highest BCUT2D eigenvalue weighted by Crippen LogP contribution is 2.15. The van der Waals surface area contributed by atoms with Crippen LogP contribution in [0.2, 0.25) is 0 Å². The van der Waals surface area contributed by atoms with Crippen LogP contribution in [-0.2, 0) is 0 Å². The van der Waals surface area contributed by atoms with Gasteiger partial charge in [0.25, 0.3) is 0 Å². The molecule has 1 N–H and O–H groups in total. The van der Waals surface area contributed by atoms with E-state index in [2.05, 4.69) is 54.5 Å². The van der Waals surface area contributed by atoms with E-state index in [-0.39, 0.29) is 0 Å². The van der Waals surface area contributed by atoms with Gasteiger partial charge in [-0.15, -0.1) is 0 Å². The van der Waals surface area contributed by atoms with Crippen molar-refractivity contribution in [2.24, 2.45) is 10.9 Å². The SMILES string of the molecule is CC1=CC=C/C(=C2/N=CC(C)CN2)C=C1. The normalized spacial score (nSPS) is 29.7. The molecule has 0 saturated carbocycles. The minimum atomic E-state index is 0.521. The lowest BCUT2D eigenvalue weighted by molar-refractivity contribution is 0.657. The van der Waals surface area contributed by atoms with Gasteiger partial charge in [-0.3, -0.25) is 0 Å². The van der Waals surface area contributed by atoms with Gasteiger partial charge in [-0.25, -0.2) is 4.99 Å². The molecule has 15 heavy (non-hydrogen) atoms. The van der Waals surface area contributed by atoms with Crippen LogP contribution in [0.15, 0.2) is 52.3 Å². The van der Waals surface area contributed by atoms with Crippen LogP contribution < -0.4 is 5.32 Å². The van der Waals surface area contributed by atoms with Crippen molar-refractivity contribution < 1.29 is 0 Å². The highest BCUT2D eigenvalue weighted by molar-refractivity contribution is 5.64. The summed E-state index contributed by atoms with van der Waals surface area (Å²) in [5, 5.41) is 3.34. The molecule has 1 atom stereocenters. The Balaban J connectivity index is 2.28. The molecule has 1 aliphatic heterocycles. The fraction of sp³-hybridized carbons (Fsp3) is 0.308. The van der Waals surface area contributed by atoms with Crippen LogP contribution in [0.3, 0.4) is 0 Å². The summed E-state index contributed by atoms with van der Waals surface area (Å²) >= 11 is 0. The van der Waals surface area contributed by atoms with Crippen molar-refractivity contribution in [3.63, 3.8) is 0 Å². The van der Waals surface area contributed by atoms with Crippen molar-refractivity contribution in [2.75, 3.05) is 6.54 Å². The average molecular weight is 200 g/mol. The molecule has 0 aromatic rings. The fourth-order valence-electron chi connectivity index (χ4n) is 1.53. The Bertz CT molecular complexity index is 395. The third-order valence-electron chi connectivity index (χ3n) is 2.48. The van der Waals surface area contributed by atoms with Gasteiger partial charge in [0.2, 0.25) is 0 Å². The Morgan fingerprint density at radius 2 is 2.20 bits per heavy atom. The maximum absolute atomic E-state index is 4.42. The number of hydrogen-bond acceptors (Lipinski definition) is 2. The Morgan fingerprint density at radius 1 is 1.33 bits per heavy atom. The van der Waals surface area contributed by atoms with Gasteiger partial charge in [-0.1, -0.05) is 42.9 Å². The maximum atomic E-state index is 4.42. The first kappa shape index (κ1) is 9.97. The van der Waals surface area contributed by atoms with Crippen molar-refractivity contribution >= 4 is 6.21 Å². The molecular formula is C13H16N2. The molecule has 0 amide bonds. The van der Waals surface area contributed by atoms with Crippen LogP contribution in [0, 0.1) is 5.92 Å². The molecule has 0 saturated heterocycles. The number of allylic oxidation sites excluding steroid dienone is 7. The maximum Gasteiger partial charge on any atom is 0.132 e. The zero-order valence-corrected chi connectivity index (χ0v) is 9.20. The number of rotatable bonds is 0. The Labute approximate surface area is 90.8 Å². The molecule has 78 valence electrons. The van der Waals surface area contributed by atoms with E-state index in [1.54, 1.807) is 0 Å². The van der Waals surface area contributed by atoms with E-state index in [0.717, 1.165) is 17.9 Å². The molecule has 2 rings (SSSR count). The summed E-state index contributed by atoms with van der Waals surface area (Å²) in [6.45, 7) is 5.22. The summed E-state index contributed by atoms with van der Waals surface area (Å²) in [6, 6.07) is 0. The second-order valence-corrected chi connectivity index (χ2v) is 4.04. The average Bonchev–Trinajstić information content (AvgIpc) is 2.44. The van der Waals surface area contributed by atoms with Gasteiger partial charge in [0, 0.05) is 24.3 Å².